The summed E-state index contributed by atoms with van der Waals surface area (Å²) in [6.45, 7) is 9.97. The van der Waals surface area contributed by atoms with Crippen LogP contribution >= 0.6 is 0 Å². The average Bonchev–Trinajstić information content (AvgIpc) is 2.30. The highest BCUT2D eigenvalue weighted by molar-refractivity contribution is 4.77. The van der Waals surface area contributed by atoms with Gasteiger partial charge in [0.05, 0.1) is 6.10 Å². The normalized spacial score (nSPS) is 28.3. The predicted octanol–water partition coefficient (Wildman–Crippen LogP) is 2.91. The lowest BCUT2D eigenvalue weighted by molar-refractivity contribution is 0.0561. The minimum Gasteiger partial charge on any atom is -0.393 e. The second-order valence-corrected chi connectivity index (χ2v) is 5.41. The third kappa shape index (κ3) is 4.42. The van der Waals surface area contributed by atoms with E-state index in [9.17, 15) is 5.11 Å². The average molecular weight is 227 g/mol. The summed E-state index contributed by atoms with van der Waals surface area (Å²) in [5, 5.41) is 10.2. The van der Waals surface area contributed by atoms with Crippen LogP contribution in [-0.2, 0) is 0 Å². The Morgan fingerprint density at radius 2 is 1.94 bits per heavy atom. The molecule has 1 aliphatic carbocycles. The van der Waals surface area contributed by atoms with E-state index in [1.54, 1.807) is 0 Å². The van der Waals surface area contributed by atoms with Crippen molar-refractivity contribution in [3.8, 4) is 0 Å². The lowest BCUT2D eigenvalue weighted by Gasteiger charge is -2.31. The van der Waals surface area contributed by atoms with Gasteiger partial charge in [0, 0.05) is 6.54 Å². The Morgan fingerprint density at radius 1 is 1.25 bits per heavy atom. The molecule has 0 saturated heterocycles. The second-order valence-electron chi connectivity index (χ2n) is 5.41. The molecule has 1 saturated carbocycles. The van der Waals surface area contributed by atoms with Crippen molar-refractivity contribution in [2.24, 2.45) is 11.8 Å². The Balaban J connectivity index is 2.25. The molecule has 2 nitrogen and oxygen atoms in total. The van der Waals surface area contributed by atoms with Crippen molar-refractivity contribution < 1.29 is 5.11 Å². The monoisotopic (exact) mass is 227 g/mol. The molecule has 0 aromatic rings. The molecule has 1 rings (SSSR count). The van der Waals surface area contributed by atoms with Gasteiger partial charge in [0.1, 0.15) is 0 Å². The summed E-state index contributed by atoms with van der Waals surface area (Å²) in [6.07, 6.45) is 6.04. The maximum absolute atomic E-state index is 10.2. The van der Waals surface area contributed by atoms with Crippen LogP contribution in [0.15, 0.2) is 0 Å². The van der Waals surface area contributed by atoms with Crippen LogP contribution in [0.3, 0.4) is 0 Å². The number of rotatable bonds is 6. The first-order valence-electron chi connectivity index (χ1n) is 7.07. The second kappa shape index (κ2) is 7.29. The van der Waals surface area contributed by atoms with E-state index in [0.29, 0.717) is 5.92 Å². The predicted molar refractivity (Wildman–Crippen MR) is 69.5 cm³/mol. The smallest absolute Gasteiger partial charge is 0.0580 e. The van der Waals surface area contributed by atoms with E-state index in [4.69, 9.17) is 0 Å². The molecular weight excluding hydrogens is 198 g/mol. The summed E-state index contributed by atoms with van der Waals surface area (Å²) in [5.74, 6) is 1.39. The molecule has 16 heavy (non-hydrogen) atoms. The van der Waals surface area contributed by atoms with Gasteiger partial charge in [-0.1, -0.05) is 33.6 Å². The molecule has 2 heteroatoms. The first-order chi connectivity index (χ1) is 7.67. The third-order valence-corrected chi connectivity index (χ3v) is 4.16. The lowest BCUT2D eigenvalue weighted by atomic mass is 9.79. The van der Waals surface area contributed by atoms with E-state index in [1.807, 2.05) is 0 Å². The van der Waals surface area contributed by atoms with Gasteiger partial charge in [-0.3, -0.25) is 0 Å². The zero-order valence-corrected chi connectivity index (χ0v) is 11.3. The van der Waals surface area contributed by atoms with Gasteiger partial charge in [0.15, 0.2) is 0 Å². The molecule has 3 unspecified atom stereocenters. The number of hydrogen-bond acceptors (Lipinski definition) is 2. The summed E-state index contributed by atoms with van der Waals surface area (Å²) in [5.41, 5.74) is 0. The van der Waals surface area contributed by atoms with Crippen LogP contribution in [0.25, 0.3) is 0 Å². The SMILES string of the molecule is CCN(CC)CCC(O)C1CCCC(C)C1. The first kappa shape index (κ1) is 14.0. The Kier molecular flexibility index (Phi) is 6.37. The molecule has 0 heterocycles. The first-order valence-corrected chi connectivity index (χ1v) is 7.07. The molecule has 3 atom stereocenters. The zero-order valence-electron chi connectivity index (χ0n) is 11.3. The van der Waals surface area contributed by atoms with Gasteiger partial charge in [-0.15, -0.1) is 0 Å². The molecule has 0 spiro atoms. The van der Waals surface area contributed by atoms with Crippen molar-refractivity contribution in [3.05, 3.63) is 0 Å². The molecule has 0 aromatic carbocycles. The van der Waals surface area contributed by atoms with Crippen LogP contribution in [-0.4, -0.2) is 35.7 Å². The van der Waals surface area contributed by atoms with Crippen LogP contribution < -0.4 is 0 Å². The number of aliphatic hydroxyl groups is 1. The lowest BCUT2D eigenvalue weighted by Crippen LogP contribution is -2.31. The molecule has 0 radical (unpaired) electrons. The van der Waals surface area contributed by atoms with Crippen molar-refractivity contribution in [3.63, 3.8) is 0 Å². The molecule has 0 amide bonds. The summed E-state index contributed by atoms with van der Waals surface area (Å²) in [6, 6.07) is 0. The van der Waals surface area contributed by atoms with Gasteiger partial charge >= 0.3 is 0 Å². The van der Waals surface area contributed by atoms with Crippen LogP contribution in [0, 0.1) is 11.8 Å². The van der Waals surface area contributed by atoms with Gasteiger partial charge in [0.25, 0.3) is 0 Å². The van der Waals surface area contributed by atoms with Gasteiger partial charge in [-0.05, 0) is 44.2 Å². The fourth-order valence-corrected chi connectivity index (χ4v) is 2.92. The number of hydrogen-bond donors (Lipinski definition) is 1. The van der Waals surface area contributed by atoms with E-state index in [0.717, 1.165) is 32.0 Å². The van der Waals surface area contributed by atoms with Crippen molar-refractivity contribution >= 4 is 0 Å². The van der Waals surface area contributed by atoms with E-state index >= 15 is 0 Å². The number of nitrogens with zero attached hydrogens (tertiary/aromatic N) is 1. The van der Waals surface area contributed by atoms with Gasteiger partial charge in [-0.25, -0.2) is 0 Å². The Bertz CT molecular complexity index is 180. The molecule has 96 valence electrons. The van der Waals surface area contributed by atoms with Crippen LogP contribution in [0.4, 0.5) is 0 Å². The van der Waals surface area contributed by atoms with Crippen LogP contribution in [0.5, 0.6) is 0 Å². The maximum Gasteiger partial charge on any atom is 0.0580 e. The van der Waals surface area contributed by atoms with Crippen LogP contribution in [0.2, 0.25) is 0 Å². The molecule has 0 bridgehead atoms. The Labute approximate surface area is 101 Å². The molecule has 0 aromatic heterocycles. The highest BCUT2D eigenvalue weighted by Gasteiger charge is 2.25. The van der Waals surface area contributed by atoms with Crippen LogP contribution in [0.1, 0.15) is 52.9 Å². The van der Waals surface area contributed by atoms with Gasteiger partial charge < -0.3 is 10.0 Å². The topological polar surface area (TPSA) is 23.5 Å². The summed E-state index contributed by atoms with van der Waals surface area (Å²) in [7, 11) is 0. The molecule has 1 aliphatic rings. The van der Waals surface area contributed by atoms with Crippen molar-refractivity contribution in [2.75, 3.05) is 19.6 Å². The minimum absolute atomic E-state index is 0.0663. The van der Waals surface area contributed by atoms with Gasteiger partial charge in [-0.2, -0.15) is 0 Å². The van der Waals surface area contributed by atoms with Crippen molar-refractivity contribution in [1.29, 1.82) is 0 Å². The fraction of sp³-hybridized carbons (Fsp3) is 1.00. The minimum atomic E-state index is -0.0663. The largest absolute Gasteiger partial charge is 0.393 e. The summed E-state index contributed by atoms with van der Waals surface area (Å²) < 4.78 is 0. The van der Waals surface area contributed by atoms with Crippen molar-refractivity contribution in [2.45, 2.75) is 59.0 Å². The molecule has 0 aliphatic heterocycles. The molecule has 1 N–H and O–H groups in total. The highest BCUT2D eigenvalue weighted by atomic mass is 16.3. The molecular formula is C14H29NO. The van der Waals surface area contributed by atoms with E-state index in [-0.39, 0.29) is 6.10 Å². The molecule has 1 fully saturated rings. The fourth-order valence-electron chi connectivity index (χ4n) is 2.92. The zero-order chi connectivity index (χ0) is 12.0. The van der Waals surface area contributed by atoms with E-state index in [2.05, 4.69) is 25.7 Å². The summed E-state index contributed by atoms with van der Waals surface area (Å²) in [4.78, 5) is 2.40. The summed E-state index contributed by atoms with van der Waals surface area (Å²) >= 11 is 0. The quantitative estimate of drug-likeness (QED) is 0.754. The Hall–Kier alpha value is -0.0800. The maximum atomic E-state index is 10.2. The van der Waals surface area contributed by atoms with E-state index in [1.165, 1.54) is 25.7 Å². The standard InChI is InChI=1S/C14H29NO/c1-4-15(5-2)10-9-14(16)13-8-6-7-12(3)11-13/h12-14,16H,4-11H2,1-3H3. The van der Waals surface area contributed by atoms with Gasteiger partial charge in [0.2, 0.25) is 0 Å². The Morgan fingerprint density at radius 3 is 2.50 bits per heavy atom. The third-order valence-electron chi connectivity index (χ3n) is 4.16. The van der Waals surface area contributed by atoms with Crippen molar-refractivity contribution in [1.82, 2.24) is 4.90 Å². The van der Waals surface area contributed by atoms with E-state index < -0.39 is 0 Å². The highest BCUT2D eigenvalue weighted by Crippen LogP contribution is 2.31. The number of aliphatic hydroxyl groups excluding tert-OH is 1.